The fourth-order valence-corrected chi connectivity index (χ4v) is 2.38. The van der Waals surface area contributed by atoms with Crippen molar-refractivity contribution in [3.05, 3.63) is 48.3 Å². The zero-order valence-corrected chi connectivity index (χ0v) is 12.1. The molecule has 0 unspecified atom stereocenters. The predicted octanol–water partition coefficient (Wildman–Crippen LogP) is 1.02. The molecule has 1 aromatic carbocycles. The van der Waals surface area contributed by atoms with E-state index in [1.165, 1.54) is 4.80 Å². The van der Waals surface area contributed by atoms with Crippen LogP contribution in [0.1, 0.15) is 5.69 Å². The Hall–Kier alpha value is -3.29. The zero-order valence-electron chi connectivity index (χ0n) is 12.1. The van der Waals surface area contributed by atoms with E-state index in [9.17, 15) is 4.79 Å². The number of H-pyrrole nitrogens is 1. The molecular formula is C15H13N7O. The van der Waals surface area contributed by atoms with Crippen LogP contribution < -0.4 is 5.32 Å². The molecule has 3 aromatic heterocycles. The summed E-state index contributed by atoms with van der Waals surface area (Å²) in [5.74, 6) is -0.169. The molecule has 0 bridgehead atoms. The first-order valence-electron chi connectivity index (χ1n) is 7.14. The highest BCUT2D eigenvalue weighted by Crippen LogP contribution is 2.12. The molecule has 0 aliphatic heterocycles. The maximum absolute atomic E-state index is 12.1. The Morgan fingerprint density at radius 1 is 1.13 bits per heavy atom. The Balaban J connectivity index is 1.43. The third kappa shape index (κ3) is 2.61. The number of aromatic nitrogens is 6. The average molecular weight is 307 g/mol. The third-order valence-corrected chi connectivity index (χ3v) is 3.48. The maximum atomic E-state index is 12.1. The molecule has 0 spiro atoms. The summed E-state index contributed by atoms with van der Waals surface area (Å²) in [7, 11) is 0. The van der Waals surface area contributed by atoms with Gasteiger partial charge in [-0.2, -0.15) is 20.1 Å². The molecule has 0 aliphatic carbocycles. The Morgan fingerprint density at radius 3 is 2.70 bits per heavy atom. The van der Waals surface area contributed by atoms with E-state index in [4.69, 9.17) is 0 Å². The van der Waals surface area contributed by atoms with Crippen LogP contribution in [0.2, 0.25) is 0 Å². The summed E-state index contributed by atoms with van der Waals surface area (Å²) in [4.78, 5) is 17.6. The Kier molecular flexibility index (Phi) is 3.19. The van der Waals surface area contributed by atoms with E-state index in [2.05, 4.69) is 30.7 Å². The van der Waals surface area contributed by atoms with Gasteiger partial charge in [-0.1, -0.05) is 12.1 Å². The average Bonchev–Trinajstić information content (AvgIpc) is 3.16. The maximum Gasteiger partial charge on any atom is 0.243 e. The molecule has 0 fully saturated rings. The summed E-state index contributed by atoms with van der Waals surface area (Å²) in [5.41, 5.74) is 2.99. The second-order valence-corrected chi connectivity index (χ2v) is 5.07. The van der Waals surface area contributed by atoms with Crippen molar-refractivity contribution in [3.8, 4) is 0 Å². The van der Waals surface area contributed by atoms with E-state index >= 15 is 0 Å². The number of fused-ring (bicyclic) bond motifs is 2. The van der Waals surface area contributed by atoms with E-state index in [-0.39, 0.29) is 12.5 Å². The molecule has 0 atom stereocenters. The highest BCUT2D eigenvalue weighted by atomic mass is 16.2. The molecule has 0 saturated carbocycles. The molecule has 3 heterocycles. The number of benzene rings is 1. The fraction of sp³-hybridized carbons (Fsp3) is 0.133. The van der Waals surface area contributed by atoms with Gasteiger partial charge in [0.25, 0.3) is 0 Å². The fourth-order valence-electron chi connectivity index (χ4n) is 2.38. The molecule has 8 heteroatoms. The van der Waals surface area contributed by atoms with Crippen LogP contribution in [-0.4, -0.2) is 36.1 Å². The van der Waals surface area contributed by atoms with E-state index in [1.807, 2.05) is 36.4 Å². The highest BCUT2D eigenvalue weighted by molar-refractivity contribution is 5.79. The van der Waals surface area contributed by atoms with Gasteiger partial charge in [-0.3, -0.25) is 9.89 Å². The lowest BCUT2D eigenvalue weighted by atomic mass is 10.2. The monoisotopic (exact) mass is 307 g/mol. The number of rotatable bonds is 4. The first-order chi connectivity index (χ1) is 11.3. The van der Waals surface area contributed by atoms with Gasteiger partial charge in [0.05, 0.1) is 12.2 Å². The summed E-state index contributed by atoms with van der Waals surface area (Å²) in [6.07, 6.45) is 1.68. The number of amides is 1. The quantitative estimate of drug-likeness (QED) is 0.586. The molecule has 4 rings (SSSR count). The third-order valence-electron chi connectivity index (χ3n) is 3.48. The second kappa shape index (κ2) is 5.48. The van der Waals surface area contributed by atoms with Crippen LogP contribution in [0.15, 0.2) is 42.6 Å². The molecule has 0 saturated heterocycles. The number of nitrogens with zero attached hydrogens (tertiary/aromatic N) is 5. The largest absolute Gasteiger partial charge is 0.349 e. The van der Waals surface area contributed by atoms with Crippen molar-refractivity contribution in [1.82, 2.24) is 35.5 Å². The number of pyridine rings is 1. The first-order valence-corrected chi connectivity index (χ1v) is 7.14. The van der Waals surface area contributed by atoms with Crippen LogP contribution in [0, 0.1) is 0 Å². The lowest BCUT2D eigenvalue weighted by Gasteiger charge is -2.03. The summed E-state index contributed by atoms with van der Waals surface area (Å²) in [6.45, 7) is 0.417. The van der Waals surface area contributed by atoms with Crippen molar-refractivity contribution in [2.45, 2.75) is 13.1 Å². The summed E-state index contributed by atoms with van der Waals surface area (Å²) in [5, 5.41) is 19.2. The predicted molar refractivity (Wildman–Crippen MR) is 83.3 cm³/mol. The van der Waals surface area contributed by atoms with Crippen LogP contribution in [0.25, 0.3) is 22.1 Å². The Morgan fingerprint density at radius 2 is 1.91 bits per heavy atom. The van der Waals surface area contributed by atoms with Gasteiger partial charge in [-0.15, -0.1) is 0 Å². The van der Waals surface area contributed by atoms with Gasteiger partial charge >= 0.3 is 0 Å². The number of carbonyl (C=O) groups is 1. The number of hydrogen-bond acceptors (Lipinski definition) is 5. The van der Waals surface area contributed by atoms with E-state index < -0.39 is 0 Å². The molecular weight excluding hydrogens is 294 g/mol. The minimum Gasteiger partial charge on any atom is -0.349 e. The number of nitrogens with one attached hydrogen (secondary N) is 2. The Bertz CT molecular complexity index is 955. The van der Waals surface area contributed by atoms with Gasteiger partial charge in [-0.25, -0.2) is 4.98 Å². The molecule has 1 amide bonds. The van der Waals surface area contributed by atoms with Gasteiger partial charge < -0.3 is 5.32 Å². The second-order valence-electron chi connectivity index (χ2n) is 5.07. The summed E-state index contributed by atoms with van der Waals surface area (Å²) < 4.78 is 0. The van der Waals surface area contributed by atoms with E-state index in [0.717, 1.165) is 22.1 Å². The van der Waals surface area contributed by atoms with E-state index in [0.29, 0.717) is 12.2 Å². The molecule has 8 nitrogen and oxygen atoms in total. The SMILES string of the molecule is O=C(Cn1nc2ccccc2n1)NCc1[nH]nc2ncccc12. The normalized spacial score (nSPS) is 11.1. The standard InChI is InChI=1S/C15H13N7O/c23-14(9-22-20-11-5-1-2-6-12(11)21-22)17-8-13-10-4-3-7-16-15(10)19-18-13/h1-7H,8-9H2,(H,17,23)(H,16,18,19). The summed E-state index contributed by atoms with van der Waals surface area (Å²) >= 11 is 0. The van der Waals surface area contributed by atoms with Gasteiger partial charge in [0, 0.05) is 11.6 Å². The molecule has 23 heavy (non-hydrogen) atoms. The molecule has 114 valence electrons. The van der Waals surface area contributed by atoms with Crippen molar-refractivity contribution < 1.29 is 4.79 Å². The topological polar surface area (TPSA) is 101 Å². The Labute approximate surface area is 130 Å². The van der Waals surface area contributed by atoms with Crippen LogP contribution in [0.4, 0.5) is 0 Å². The lowest BCUT2D eigenvalue weighted by Crippen LogP contribution is -2.28. The van der Waals surface area contributed by atoms with Crippen LogP contribution in [0.3, 0.4) is 0 Å². The summed E-state index contributed by atoms with van der Waals surface area (Å²) in [6, 6.07) is 11.2. The van der Waals surface area contributed by atoms with Crippen molar-refractivity contribution in [2.24, 2.45) is 0 Å². The number of carbonyl (C=O) groups excluding carboxylic acids is 1. The van der Waals surface area contributed by atoms with Gasteiger partial charge in [-0.05, 0) is 24.3 Å². The van der Waals surface area contributed by atoms with Crippen molar-refractivity contribution in [2.75, 3.05) is 0 Å². The zero-order chi connectivity index (χ0) is 15.6. The molecule has 0 radical (unpaired) electrons. The lowest BCUT2D eigenvalue weighted by molar-refractivity contribution is -0.122. The minimum absolute atomic E-state index is 0.0685. The van der Waals surface area contributed by atoms with Gasteiger partial charge in [0.1, 0.15) is 17.6 Å². The molecule has 4 aromatic rings. The van der Waals surface area contributed by atoms with Gasteiger partial charge in [0.15, 0.2) is 5.65 Å². The molecule has 2 N–H and O–H groups in total. The smallest absolute Gasteiger partial charge is 0.243 e. The number of hydrogen-bond donors (Lipinski definition) is 2. The number of aromatic amines is 1. The molecule has 0 aliphatic rings. The van der Waals surface area contributed by atoms with Crippen LogP contribution in [0.5, 0.6) is 0 Å². The first kappa shape index (κ1) is 13.4. The van der Waals surface area contributed by atoms with Crippen molar-refractivity contribution in [3.63, 3.8) is 0 Å². The highest BCUT2D eigenvalue weighted by Gasteiger charge is 2.09. The van der Waals surface area contributed by atoms with E-state index in [1.54, 1.807) is 6.20 Å². The van der Waals surface area contributed by atoms with Crippen LogP contribution in [-0.2, 0) is 17.9 Å². The van der Waals surface area contributed by atoms with Crippen LogP contribution >= 0.6 is 0 Å². The van der Waals surface area contributed by atoms with Gasteiger partial charge in [0.2, 0.25) is 5.91 Å². The minimum atomic E-state index is -0.169. The van der Waals surface area contributed by atoms with Crippen molar-refractivity contribution in [1.29, 1.82) is 0 Å². The van der Waals surface area contributed by atoms with Crippen molar-refractivity contribution >= 4 is 28.0 Å².